The molecule has 10 nitrogen and oxygen atoms in total. The van der Waals surface area contributed by atoms with Gasteiger partial charge in [0, 0.05) is 6.54 Å². The summed E-state index contributed by atoms with van der Waals surface area (Å²) in [5, 5.41) is 11.9. The first-order valence-electron chi connectivity index (χ1n) is 8.51. The van der Waals surface area contributed by atoms with E-state index in [9.17, 15) is 14.4 Å². The first kappa shape index (κ1) is 19.5. The number of ketones is 1. The van der Waals surface area contributed by atoms with E-state index in [0.717, 1.165) is 17.4 Å². The van der Waals surface area contributed by atoms with Crippen molar-refractivity contribution >= 4 is 23.4 Å². The van der Waals surface area contributed by atoms with Crippen molar-refractivity contribution in [3.8, 4) is 5.69 Å². The third kappa shape index (κ3) is 4.03. The van der Waals surface area contributed by atoms with Crippen LogP contribution < -0.4 is 17.0 Å². The van der Waals surface area contributed by atoms with E-state index in [-0.39, 0.29) is 23.1 Å². The van der Waals surface area contributed by atoms with E-state index in [1.54, 1.807) is 0 Å². The Hall–Kier alpha value is -3.21. The van der Waals surface area contributed by atoms with Crippen LogP contribution in [-0.4, -0.2) is 41.3 Å². The molecule has 0 unspecified atom stereocenters. The third-order valence-electron chi connectivity index (χ3n) is 3.84. The maximum atomic E-state index is 12.7. The second-order valence-corrected chi connectivity index (χ2v) is 7.39. The molecule has 0 saturated carbocycles. The fourth-order valence-electron chi connectivity index (χ4n) is 2.61. The van der Waals surface area contributed by atoms with Crippen LogP contribution >= 0.6 is 11.8 Å². The second kappa shape index (κ2) is 8.21. The van der Waals surface area contributed by atoms with Crippen molar-refractivity contribution in [1.82, 2.24) is 29.8 Å². The van der Waals surface area contributed by atoms with Gasteiger partial charge in [0.1, 0.15) is 11.4 Å². The minimum Gasteiger partial charge on any atom is -0.384 e. The monoisotopic (exact) mass is 401 g/mol. The summed E-state index contributed by atoms with van der Waals surface area (Å²) in [4.78, 5) is 39.0. The summed E-state index contributed by atoms with van der Waals surface area (Å²) in [6.07, 6.45) is 0. The highest BCUT2D eigenvalue weighted by Gasteiger charge is 2.21. The number of thioether (sulfide) groups is 1. The summed E-state index contributed by atoms with van der Waals surface area (Å²) in [6.45, 7) is 4.09. The minimum atomic E-state index is -0.796. The second-order valence-electron chi connectivity index (χ2n) is 6.44. The number of nitrogens with zero attached hydrogens (tertiary/aromatic N) is 5. The maximum absolute atomic E-state index is 12.7. The summed E-state index contributed by atoms with van der Waals surface area (Å²) < 4.78 is 2.70. The number of tetrazole rings is 1. The molecule has 28 heavy (non-hydrogen) atoms. The Balaban J connectivity index is 1.85. The number of benzene rings is 1. The van der Waals surface area contributed by atoms with Crippen LogP contribution in [0.4, 0.5) is 5.82 Å². The molecule has 0 amide bonds. The minimum absolute atomic E-state index is 0.110. The molecule has 0 bridgehead atoms. The van der Waals surface area contributed by atoms with Gasteiger partial charge in [0.15, 0.2) is 5.78 Å². The first-order valence-corrected chi connectivity index (χ1v) is 9.49. The van der Waals surface area contributed by atoms with Crippen molar-refractivity contribution in [1.29, 1.82) is 0 Å². The molecule has 0 aliphatic carbocycles. The quantitative estimate of drug-likeness (QED) is 0.436. The van der Waals surface area contributed by atoms with E-state index in [1.807, 2.05) is 44.2 Å². The molecule has 0 atom stereocenters. The van der Waals surface area contributed by atoms with Gasteiger partial charge in [-0.25, -0.2) is 4.79 Å². The van der Waals surface area contributed by atoms with E-state index >= 15 is 0 Å². The number of rotatable bonds is 7. The molecule has 0 fully saturated rings. The number of aromatic amines is 1. The standard InChI is InChI=1S/C17H19N7O3S/c1-10(2)8-23-14(18)13(15(26)19-16(23)27)12(25)9-28-17-20-21-22-24(17)11-6-4-3-5-7-11/h3-7,10H,8-9,18H2,1-2H3,(H,19,26,27). The van der Waals surface area contributed by atoms with E-state index in [1.165, 1.54) is 9.25 Å². The number of nitrogen functional groups attached to an aromatic ring is 1. The lowest BCUT2D eigenvalue weighted by Gasteiger charge is -2.13. The zero-order chi connectivity index (χ0) is 20.3. The zero-order valence-electron chi connectivity index (χ0n) is 15.3. The lowest BCUT2D eigenvalue weighted by atomic mass is 10.2. The highest BCUT2D eigenvalue weighted by molar-refractivity contribution is 7.99. The van der Waals surface area contributed by atoms with Gasteiger partial charge in [0.25, 0.3) is 5.56 Å². The Kier molecular flexibility index (Phi) is 5.73. The van der Waals surface area contributed by atoms with Crippen LogP contribution in [0.1, 0.15) is 24.2 Å². The van der Waals surface area contributed by atoms with Crippen LogP contribution in [0.2, 0.25) is 0 Å². The number of H-pyrrole nitrogens is 1. The van der Waals surface area contributed by atoms with Gasteiger partial charge < -0.3 is 5.73 Å². The van der Waals surface area contributed by atoms with Crippen molar-refractivity contribution in [3.63, 3.8) is 0 Å². The third-order valence-corrected chi connectivity index (χ3v) is 4.76. The van der Waals surface area contributed by atoms with Gasteiger partial charge in [-0.1, -0.05) is 43.8 Å². The predicted molar refractivity (Wildman–Crippen MR) is 105 cm³/mol. The van der Waals surface area contributed by atoms with Crippen molar-refractivity contribution < 1.29 is 4.79 Å². The Bertz CT molecular complexity index is 1100. The fourth-order valence-corrected chi connectivity index (χ4v) is 3.37. The molecule has 0 saturated heterocycles. The van der Waals surface area contributed by atoms with Gasteiger partial charge in [0.2, 0.25) is 5.16 Å². The van der Waals surface area contributed by atoms with Gasteiger partial charge in [0.05, 0.1) is 11.4 Å². The number of nitrogens with two attached hydrogens (primary N) is 1. The molecule has 0 aliphatic rings. The topological polar surface area (TPSA) is 142 Å². The lowest BCUT2D eigenvalue weighted by Crippen LogP contribution is -2.37. The zero-order valence-corrected chi connectivity index (χ0v) is 16.1. The molecular formula is C17H19N7O3S. The van der Waals surface area contributed by atoms with Crippen LogP contribution in [0.5, 0.6) is 0 Å². The highest BCUT2D eigenvalue weighted by Crippen LogP contribution is 2.19. The van der Waals surface area contributed by atoms with E-state index in [2.05, 4.69) is 20.5 Å². The number of hydrogen-bond acceptors (Lipinski definition) is 8. The molecule has 2 heterocycles. The Morgan fingerprint density at radius 2 is 1.96 bits per heavy atom. The molecule has 3 rings (SSSR count). The van der Waals surface area contributed by atoms with Crippen LogP contribution in [0.15, 0.2) is 45.1 Å². The number of hydrogen-bond donors (Lipinski definition) is 2. The van der Waals surface area contributed by atoms with Crippen molar-refractivity contribution in [2.75, 3.05) is 11.5 Å². The Morgan fingerprint density at radius 1 is 1.25 bits per heavy atom. The summed E-state index contributed by atoms with van der Waals surface area (Å²) in [5.74, 6) is -0.640. The number of carbonyl (C=O) groups is 1. The molecule has 0 radical (unpaired) electrons. The van der Waals surface area contributed by atoms with Gasteiger partial charge >= 0.3 is 5.69 Å². The summed E-state index contributed by atoms with van der Waals surface area (Å²) in [6, 6.07) is 9.20. The molecule has 146 valence electrons. The van der Waals surface area contributed by atoms with Crippen LogP contribution in [0.25, 0.3) is 5.69 Å². The average molecular weight is 401 g/mol. The van der Waals surface area contributed by atoms with E-state index in [4.69, 9.17) is 5.73 Å². The first-order chi connectivity index (χ1) is 13.4. The van der Waals surface area contributed by atoms with Crippen molar-refractivity contribution in [2.45, 2.75) is 25.5 Å². The summed E-state index contributed by atoms with van der Waals surface area (Å²) in [5.41, 5.74) is 5.06. The van der Waals surface area contributed by atoms with Gasteiger partial charge in [-0.05, 0) is 28.5 Å². The predicted octanol–water partition coefficient (Wildman–Crippen LogP) is 0.725. The smallest absolute Gasteiger partial charge is 0.329 e. The van der Waals surface area contributed by atoms with Gasteiger partial charge in [-0.2, -0.15) is 4.68 Å². The molecule has 11 heteroatoms. The molecule has 3 N–H and O–H groups in total. The number of anilines is 1. The van der Waals surface area contributed by atoms with Gasteiger partial charge in [-0.15, -0.1) is 5.10 Å². The summed E-state index contributed by atoms with van der Waals surface area (Å²) in [7, 11) is 0. The van der Waals surface area contributed by atoms with E-state index < -0.39 is 17.0 Å². The average Bonchev–Trinajstić information content (AvgIpc) is 3.12. The molecule has 0 aliphatic heterocycles. The lowest BCUT2D eigenvalue weighted by molar-refractivity contribution is 0.102. The SMILES string of the molecule is CC(C)Cn1c(N)c(C(=O)CSc2nnnn2-c2ccccc2)c(=O)[nH]c1=O. The Labute approximate surface area is 163 Å². The van der Waals surface area contributed by atoms with Gasteiger partial charge in [-0.3, -0.25) is 19.1 Å². The molecule has 1 aromatic carbocycles. The van der Waals surface area contributed by atoms with E-state index in [0.29, 0.717) is 11.7 Å². The summed E-state index contributed by atoms with van der Waals surface area (Å²) >= 11 is 1.07. The van der Waals surface area contributed by atoms with Crippen LogP contribution in [0.3, 0.4) is 0 Å². The number of carbonyl (C=O) groups excluding carboxylic acids is 1. The number of para-hydroxylation sites is 1. The van der Waals surface area contributed by atoms with Crippen molar-refractivity contribution in [2.24, 2.45) is 5.92 Å². The normalized spacial score (nSPS) is 11.1. The van der Waals surface area contributed by atoms with Crippen molar-refractivity contribution in [3.05, 3.63) is 56.7 Å². The van der Waals surface area contributed by atoms with Crippen LogP contribution in [-0.2, 0) is 6.54 Å². The van der Waals surface area contributed by atoms with Crippen LogP contribution in [0, 0.1) is 5.92 Å². The Morgan fingerprint density at radius 3 is 2.64 bits per heavy atom. The molecule has 2 aromatic heterocycles. The molecule has 3 aromatic rings. The molecular weight excluding hydrogens is 382 g/mol. The number of Topliss-reactive ketones (excluding diaryl/α,β-unsaturated/α-hetero) is 1. The largest absolute Gasteiger partial charge is 0.384 e. The fraction of sp³-hybridized carbons (Fsp3) is 0.294. The highest BCUT2D eigenvalue weighted by atomic mass is 32.2. The maximum Gasteiger partial charge on any atom is 0.329 e. The molecule has 0 spiro atoms. The number of aromatic nitrogens is 6. The number of nitrogens with one attached hydrogen (secondary N) is 1.